The van der Waals surface area contributed by atoms with Gasteiger partial charge in [-0.1, -0.05) is 6.42 Å². The van der Waals surface area contributed by atoms with Crippen LogP contribution in [-0.2, 0) is 4.74 Å². The first kappa shape index (κ1) is 11.3. The van der Waals surface area contributed by atoms with Crippen LogP contribution >= 0.6 is 0 Å². The molecular formula is C13H22N2O2. The molecule has 2 aliphatic heterocycles. The summed E-state index contributed by atoms with van der Waals surface area (Å²) in [5.41, 5.74) is 0. The predicted octanol–water partition coefficient (Wildman–Crippen LogP) is 1.70. The van der Waals surface area contributed by atoms with Crippen LogP contribution in [0.2, 0.25) is 0 Å². The molecule has 0 aromatic carbocycles. The van der Waals surface area contributed by atoms with Gasteiger partial charge in [-0.3, -0.25) is 0 Å². The number of likely N-dealkylation sites (tertiary alicyclic amines) is 1. The van der Waals surface area contributed by atoms with Crippen molar-refractivity contribution >= 4 is 6.03 Å². The van der Waals surface area contributed by atoms with Gasteiger partial charge in [0, 0.05) is 25.7 Å². The van der Waals surface area contributed by atoms with Crippen molar-refractivity contribution in [2.24, 2.45) is 5.92 Å². The Kier molecular flexibility index (Phi) is 3.23. The molecule has 3 fully saturated rings. The van der Waals surface area contributed by atoms with Gasteiger partial charge in [-0.2, -0.15) is 0 Å². The van der Waals surface area contributed by atoms with Crippen molar-refractivity contribution in [1.29, 1.82) is 0 Å². The molecule has 2 unspecified atom stereocenters. The fraction of sp³-hybridized carbons (Fsp3) is 0.923. The molecule has 4 nitrogen and oxygen atoms in total. The van der Waals surface area contributed by atoms with Gasteiger partial charge in [-0.05, 0) is 31.6 Å². The van der Waals surface area contributed by atoms with E-state index in [4.69, 9.17) is 4.74 Å². The quantitative estimate of drug-likeness (QED) is 0.643. The summed E-state index contributed by atoms with van der Waals surface area (Å²) < 4.78 is 5.31. The van der Waals surface area contributed by atoms with Crippen molar-refractivity contribution in [2.75, 3.05) is 32.8 Å². The van der Waals surface area contributed by atoms with E-state index in [1.165, 1.54) is 32.1 Å². The lowest BCUT2D eigenvalue weighted by Crippen LogP contribution is -2.54. The third kappa shape index (κ3) is 2.15. The number of ether oxygens (including phenoxy) is 1. The van der Waals surface area contributed by atoms with E-state index in [9.17, 15) is 4.79 Å². The van der Waals surface area contributed by atoms with Gasteiger partial charge in [0.25, 0.3) is 0 Å². The van der Waals surface area contributed by atoms with Crippen LogP contribution in [0.5, 0.6) is 0 Å². The van der Waals surface area contributed by atoms with Gasteiger partial charge >= 0.3 is 6.03 Å². The molecule has 0 bridgehead atoms. The SMILES string of the molecule is O=C(N1CCOCC1)N1CCCC2CCCC21. The van der Waals surface area contributed by atoms with Crippen LogP contribution in [0.4, 0.5) is 4.79 Å². The van der Waals surface area contributed by atoms with Gasteiger partial charge in [0.1, 0.15) is 0 Å². The Bertz CT molecular complexity index is 289. The molecule has 1 aliphatic carbocycles. The van der Waals surface area contributed by atoms with E-state index in [0.717, 1.165) is 25.6 Å². The second-order valence-corrected chi connectivity index (χ2v) is 5.48. The zero-order chi connectivity index (χ0) is 11.7. The predicted molar refractivity (Wildman–Crippen MR) is 64.9 cm³/mol. The average molecular weight is 238 g/mol. The van der Waals surface area contributed by atoms with Crippen molar-refractivity contribution in [1.82, 2.24) is 9.80 Å². The topological polar surface area (TPSA) is 32.8 Å². The summed E-state index contributed by atoms with van der Waals surface area (Å²) in [4.78, 5) is 16.6. The Balaban J connectivity index is 1.67. The number of amides is 2. The Labute approximate surface area is 103 Å². The Hall–Kier alpha value is -0.770. The van der Waals surface area contributed by atoms with Crippen LogP contribution in [0, 0.1) is 5.92 Å². The lowest BCUT2D eigenvalue weighted by molar-refractivity contribution is 0.0320. The smallest absolute Gasteiger partial charge is 0.320 e. The van der Waals surface area contributed by atoms with Gasteiger partial charge in [-0.25, -0.2) is 4.79 Å². The number of rotatable bonds is 0. The molecule has 4 heteroatoms. The third-order valence-electron chi connectivity index (χ3n) is 4.52. The summed E-state index contributed by atoms with van der Waals surface area (Å²) in [6, 6.07) is 0.809. The maximum absolute atomic E-state index is 12.5. The molecule has 1 saturated carbocycles. The number of urea groups is 1. The summed E-state index contributed by atoms with van der Waals surface area (Å²) in [7, 11) is 0. The number of carbonyl (C=O) groups is 1. The highest BCUT2D eigenvalue weighted by molar-refractivity contribution is 5.75. The molecule has 0 N–H and O–H groups in total. The number of hydrogen-bond donors (Lipinski definition) is 0. The highest BCUT2D eigenvalue weighted by Crippen LogP contribution is 2.37. The summed E-state index contributed by atoms with van der Waals surface area (Å²) in [6.07, 6.45) is 6.38. The molecule has 0 aromatic rings. The molecule has 3 rings (SSSR count). The van der Waals surface area contributed by atoms with Crippen molar-refractivity contribution < 1.29 is 9.53 Å². The standard InChI is InChI=1S/C13H22N2O2/c16-13(14-7-9-17-10-8-14)15-6-2-4-11-3-1-5-12(11)15/h11-12H,1-10H2. The highest BCUT2D eigenvalue weighted by Gasteiger charge is 2.38. The lowest BCUT2D eigenvalue weighted by Gasteiger charge is -2.41. The zero-order valence-electron chi connectivity index (χ0n) is 10.4. The molecule has 2 atom stereocenters. The van der Waals surface area contributed by atoms with Gasteiger partial charge in [0.2, 0.25) is 0 Å². The first-order valence-electron chi connectivity index (χ1n) is 6.99. The van der Waals surface area contributed by atoms with Crippen molar-refractivity contribution in [3.05, 3.63) is 0 Å². The molecule has 3 aliphatic rings. The highest BCUT2D eigenvalue weighted by atomic mass is 16.5. The van der Waals surface area contributed by atoms with Crippen LogP contribution in [0.15, 0.2) is 0 Å². The van der Waals surface area contributed by atoms with Crippen LogP contribution in [0.25, 0.3) is 0 Å². The molecule has 2 amide bonds. The van der Waals surface area contributed by atoms with E-state index in [1.54, 1.807) is 0 Å². The first-order valence-corrected chi connectivity index (χ1v) is 6.99. The minimum absolute atomic E-state index is 0.268. The molecule has 0 radical (unpaired) electrons. The molecule has 96 valence electrons. The number of carbonyl (C=O) groups excluding carboxylic acids is 1. The zero-order valence-corrected chi connectivity index (χ0v) is 10.4. The average Bonchev–Trinajstić information content (AvgIpc) is 2.87. The van der Waals surface area contributed by atoms with E-state index in [1.807, 2.05) is 4.90 Å². The minimum atomic E-state index is 0.268. The summed E-state index contributed by atoms with van der Waals surface area (Å²) in [5, 5.41) is 0. The van der Waals surface area contributed by atoms with Crippen molar-refractivity contribution in [3.8, 4) is 0 Å². The van der Waals surface area contributed by atoms with Crippen LogP contribution in [0.1, 0.15) is 32.1 Å². The van der Waals surface area contributed by atoms with E-state index in [-0.39, 0.29) is 6.03 Å². The molecule has 0 aromatic heterocycles. The van der Waals surface area contributed by atoms with E-state index >= 15 is 0 Å². The minimum Gasteiger partial charge on any atom is -0.378 e. The molecule has 2 heterocycles. The maximum Gasteiger partial charge on any atom is 0.320 e. The second-order valence-electron chi connectivity index (χ2n) is 5.48. The molecule has 2 saturated heterocycles. The van der Waals surface area contributed by atoms with Crippen LogP contribution < -0.4 is 0 Å². The maximum atomic E-state index is 12.5. The van der Waals surface area contributed by atoms with E-state index < -0.39 is 0 Å². The Morgan fingerprint density at radius 3 is 2.59 bits per heavy atom. The fourth-order valence-corrected chi connectivity index (χ4v) is 3.63. The van der Waals surface area contributed by atoms with E-state index in [2.05, 4.69) is 4.90 Å². The molecule has 0 spiro atoms. The van der Waals surface area contributed by atoms with Crippen molar-refractivity contribution in [2.45, 2.75) is 38.1 Å². The second kappa shape index (κ2) is 4.84. The first-order chi connectivity index (χ1) is 8.36. The van der Waals surface area contributed by atoms with Gasteiger partial charge < -0.3 is 14.5 Å². The normalized spacial score (nSPS) is 33.6. The number of morpholine rings is 1. The van der Waals surface area contributed by atoms with Crippen molar-refractivity contribution in [3.63, 3.8) is 0 Å². The number of piperidine rings is 1. The van der Waals surface area contributed by atoms with Gasteiger partial charge in [0.05, 0.1) is 13.2 Å². The monoisotopic (exact) mass is 238 g/mol. The molecular weight excluding hydrogens is 216 g/mol. The lowest BCUT2D eigenvalue weighted by atomic mass is 9.92. The van der Waals surface area contributed by atoms with Gasteiger partial charge in [-0.15, -0.1) is 0 Å². The largest absolute Gasteiger partial charge is 0.378 e. The van der Waals surface area contributed by atoms with Crippen LogP contribution in [0.3, 0.4) is 0 Å². The fourth-order valence-electron chi connectivity index (χ4n) is 3.63. The Morgan fingerprint density at radius 1 is 1.00 bits per heavy atom. The number of hydrogen-bond acceptors (Lipinski definition) is 2. The Morgan fingerprint density at radius 2 is 1.76 bits per heavy atom. The molecule has 17 heavy (non-hydrogen) atoms. The summed E-state index contributed by atoms with van der Waals surface area (Å²) >= 11 is 0. The van der Waals surface area contributed by atoms with Gasteiger partial charge in [0.15, 0.2) is 0 Å². The van der Waals surface area contributed by atoms with E-state index in [0.29, 0.717) is 19.3 Å². The summed E-state index contributed by atoms with van der Waals surface area (Å²) in [5.74, 6) is 0.786. The summed E-state index contributed by atoms with van der Waals surface area (Å²) in [6.45, 7) is 3.91. The number of fused-ring (bicyclic) bond motifs is 1. The van der Waals surface area contributed by atoms with Crippen LogP contribution in [-0.4, -0.2) is 54.7 Å². The number of nitrogens with zero attached hydrogens (tertiary/aromatic N) is 2. The third-order valence-corrected chi connectivity index (χ3v) is 4.52.